The van der Waals surface area contributed by atoms with E-state index in [-0.39, 0.29) is 42.2 Å². The van der Waals surface area contributed by atoms with Crippen LogP contribution in [0.15, 0.2) is 47.5 Å². The maximum absolute atomic E-state index is 12.7. The van der Waals surface area contributed by atoms with Gasteiger partial charge in [-0.05, 0) is 37.6 Å². The largest absolute Gasteiger partial charge is 0.493 e. The number of hydrogen-bond acceptors (Lipinski definition) is 3. The van der Waals surface area contributed by atoms with Crippen molar-refractivity contribution in [2.45, 2.75) is 33.4 Å². The zero-order chi connectivity index (χ0) is 18.9. The first-order chi connectivity index (χ1) is 12.5. The summed E-state index contributed by atoms with van der Waals surface area (Å²) in [6.45, 7) is 1.62. The van der Waals surface area contributed by atoms with Crippen LogP contribution in [0.4, 0.5) is 14.5 Å². The van der Waals surface area contributed by atoms with E-state index in [1.807, 2.05) is 38.1 Å². The van der Waals surface area contributed by atoms with E-state index in [1.165, 1.54) is 6.07 Å². The molecule has 0 saturated carbocycles. The molecule has 0 atom stereocenters. The van der Waals surface area contributed by atoms with Gasteiger partial charge in [-0.2, -0.15) is 8.78 Å². The molecule has 0 heterocycles. The molecule has 0 amide bonds. The Morgan fingerprint density at radius 3 is 2.52 bits per heavy atom. The van der Waals surface area contributed by atoms with Crippen LogP contribution in [0.25, 0.3) is 0 Å². The van der Waals surface area contributed by atoms with Crippen molar-refractivity contribution in [1.82, 2.24) is 0 Å². The molecule has 0 aromatic heterocycles. The minimum absolute atomic E-state index is 0. The Morgan fingerprint density at radius 1 is 1.19 bits per heavy atom. The van der Waals surface area contributed by atoms with Crippen LogP contribution in [0.3, 0.4) is 0 Å². The Kier molecular flexibility index (Phi) is 9.84. The molecule has 8 heteroatoms. The van der Waals surface area contributed by atoms with Crippen molar-refractivity contribution >= 4 is 35.6 Å². The Balaban J connectivity index is 0.00000364. The fourth-order valence-electron chi connectivity index (χ4n) is 2.18. The molecular formula is C19H24F2IN3O2. The number of hydrogen-bond donors (Lipinski definition) is 2. The molecule has 0 bridgehead atoms. The van der Waals surface area contributed by atoms with Gasteiger partial charge < -0.3 is 20.5 Å². The molecule has 0 unspecified atom stereocenters. The summed E-state index contributed by atoms with van der Waals surface area (Å²) < 4.78 is 35.4. The number of nitrogens with zero attached hydrogens (tertiary/aromatic N) is 1. The fraction of sp³-hybridized carbons (Fsp3) is 0.316. The van der Waals surface area contributed by atoms with Gasteiger partial charge >= 0.3 is 6.61 Å². The first kappa shape index (κ1) is 22.9. The van der Waals surface area contributed by atoms with E-state index >= 15 is 0 Å². The third-order valence-electron chi connectivity index (χ3n) is 3.47. The van der Waals surface area contributed by atoms with Crippen molar-refractivity contribution in [3.05, 3.63) is 53.6 Å². The Labute approximate surface area is 175 Å². The summed E-state index contributed by atoms with van der Waals surface area (Å²) in [6.07, 6.45) is 0.818. The Morgan fingerprint density at radius 2 is 1.89 bits per heavy atom. The SMILES string of the molecule is CCCOc1ccc(CN=C(N)Nc2ccc(C)cc2)c(OC(F)F)c1.I. The zero-order valence-corrected chi connectivity index (χ0v) is 17.6. The summed E-state index contributed by atoms with van der Waals surface area (Å²) >= 11 is 0. The maximum Gasteiger partial charge on any atom is 0.387 e. The summed E-state index contributed by atoms with van der Waals surface area (Å²) in [5, 5.41) is 2.95. The summed E-state index contributed by atoms with van der Waals surface area (Å²) in [6, 6.07) is 12.4. The van der Waals surface area contributed by atoms with E-state index in [0.29, 0.717) is 17.9 Å². The Hall–Kier alpha value is -2.10. The Bertz CT molecular complexity index is 740. The molecule has 0 fully saturated rings. The van der Waals surface area contributed by atoms with Crippen molar-refractivity contribution in [2.24, 2.45) is 10.7 Å². The van der Waals surface area contributed by atoms with E-state index in [4.69, 9.17) is 10.5 Å². The highest BCUT2D eigenvalue weighted by atomic mass is 127. The predicted octanol–water partition coefficient (Wildman–Crippen LogP) is 4.93. The van der Waals surface area contributed by atoms with Gasteiger partial charge in [0.2, 0.25) is 0 Å². The zero-order valence-electron chi connectivity index (χ0n) is 15.2. The van der Waals surface area contributed by atoms with Crippen molar-refractivity contribution in [2.75, 3.05) is 11.9 Å². The van der Waals surface area contributed by atoms with E-state index in [1.54, 1.807) is 12.1 Å². The number of nitrogens with two attached hydrogens (primary N) is 1. The lowest BCUT2D eigenvalue weighted by Gasteiger charge is -2.12. The van der Waals surface area contributed by atoms with Gasteiger partial charge in [-0.3, -0.25) is 0 Å². The molecule has 0 aliphatic rings. The number of rotatable bonds is 8. The molecular weight excluding hydrogens is 467 g/mol. The first-order valence-corrected chi connectivity index (χ1v) is 8.32. The van der Waals surface area contributed by atoms with Crippen LogP contribution in [-0.2, 0) is 6.54 Å². The molecule has 148 valence electrons. The number of aliphatic imine (C=N–C) groups is 1. The van der Waals surface area contributed by atoms with Crippen LogP contribution in [0.2, 0.25) is 0 Å². The van der Waals surface area contributed by atoms with Crippen LogP contribution in [0.5, 0.6) is 11.5 Å². The number of nitrogens with one attached hydrogen (secondary N) is 1. The molecule has 0 aliphatic carbocycles. The number of guanidine groups is 1. The predicted molar refractivity (Wildman–Crippen MR) is 114 cm³/mol. The van der Waals surface area contributed by atoms with Gasteiger partial charge in [0, 0.05) is 17.3 Å². The second-order valence-corrected chi connectivity index (χ2v) is 5.69. The summed E-state index contributed by atoms with van der Waals surface area (Å²) in [4.78, 5) is 4.19. The number of aryl methyl sites for hydroxylation is 1. The molecule has 0 aliphatic heterocycles. The van der Waals surface area contributed by atoms with E-state index in [0.717, 1.165) is 17.7 Å². The van der Waals surface area contributed by atoms with Crippen molar-refractivity contribution in [1.29, 1.82) is 0 Å². The van der Waals surface area contributed by atoms with Crippen LogP contribution in [0.1, 0.15) is 24.5 Å². The first-order valence-electron chi connectivity index (χ1n) is 8.32. The highest BCUT2D eigenvalue weighted by Gasteiger charge is 2.11. The third kappa shape index (κ3) is 7.98. The van der Waals surface area contributed by atoms with Gasteiger partial charge in [-0.1, -0.05) is 24.6 Å². The summed E-state index contributed by atoms with van der Waals surface area (Å²) in [5.74, 6) is 0.685. The lowest BCUT2D eigenvalue weighted by Crippen LogP contribution is -2.22. The number of benzene rings is 2. The lowest BCUT2D eigenvalue weighted by molar-refractivity contribution is -0.0505. The molecule has 0 spiro atoms. The van der Waals surface area contributed by atoms with Crippen molar-refractivity contribution in [3.63, 3.8) is 0 Å². The highest BCUT2D eigenvalue weighted by molar-refractivity contribution is 14.0. The molecule has 2 aromatic rings. The number of ether oxygens (including phenoxy) is 2. The van der Waals surface area contributed by atoms with Gasteiger partial charge in [-0.15, -0.1) is 24.0 Å². The molecule has 0 radical (unpaired) electrons. The standard InChI is InChI=1S/C19H23F2N3O2.HI/c1-3-10-25-16-9-6-14(17(11-16)26-18(20)21)12-23-19(22)24-15-7-4-13(2)5-8-15;/h4-9,11,18H,3,10,12H2,1-2H3,(H3,22,23,24);1H. The quantitative estimate of drug-likeness (QED) is 0.312. The van der Waals surface area contributed by atoms with Crippen LogP contribution in [0, 0.1) is 6.92 Å². The minimum Gasteiger partial charge on any atom is -0.493 e. The van der Waals surface area contributed by atoms with Gasteiger partial charge in [0.05, 0.1) is 13.2 Å². The average molecular weight is 491 g/mol. The number of halogens is 3. The van der Waals surface area contributed by atoms with E-state index in [2.05, 4.69) is 15.0 Å². The lowest BCUT2D eigenvalue weighted by atomic mass is 10.2. The van der Waals surface area contributed by atoms with E-state index < -0.39 is 6.61 Å². The summed E-state index contributed by atoms with van der Waals surface area (Å²) in [7, 11) is 0. The van der Waals surface area contributed by atoms with Gasteiger partial charge in [-0.25, -0.2) is 4.99 Å². The van der Waals surface area contributed by atoms with Crippen LogP contribution < -0.4 is 20.5 Å². The maximum atomic E-state index is 12.7. The van der Waals surface area contributed by atoms with Crippen molar-refractivity contribution in [3.8, 4) is 11.5 Å². The van der Waals surface area contributed by atoms with Crippen molar-refractivity contribution < 1.29 is 18.3 Å². The van der Waals surface area contributed by atoms with Crippen LogP contribution >= 0.6 is 24.0 Å². The minimum atomic E-state index is -2.93. The average Bonchev–Trinajstić information content (AvgIpc) is 2.60. The molecule has 2 aromatic carbocycles. The second-order valence-electron chi connectivity index (χ2n) is 5.69. The van der Waals surface area contributed by atoms with Gasteiger partial charge in [0.1, 0.15) is 11.5 Å². The van der Waals surface area contributed by atoms with E-state index in [9.17, 15) is 8.78 Å². The highest BCUT2D eigenvalue weighted by Crippen LogP contribution is 2.27. The monoisotopic (exact) mass is 491 g/mol. The second kappa shape index (κ2) is 11.6. The molecule has 0 saturated heterocycles. The molecule has 27 heavy (non-hydrogen) atoms. The van der Waals surface area contributed by atoms with Gasteiger partial charge in [0.25, 0.3) is 0 Å². The third-order valence-corrected chi connectivity index (χ3v) is 3.47. The molecule has 3 N–H and O–H groups in total. The fourth-order valence-corrected chi connectivity index (χ4v) is 2.18. The topological polar surface area (TPSA) is 68.9 Å². The van der Waals surface area contributed by atoms with Crippen LogP contribution in [-0.4, -0.2) is 19.2 Å². The van der Waals surface area contributed by atoms with Gasteiger partial charge in [0.15, 0.2) is 5.96 Å². The normalized spacial score (nSPS) is 11.1. The molecule has 2 rings (SSSR count). The smallest absolute Gasteiger partial charge is 0.387 e. The summed E-state index contributed by atoms with van der Waals surface area (Å²) in [5.41, 5.74) is 8.28. The number of alkyl halides is 2. The molecule has 5 nitrogen and oxygen atoms in total. The number of anilines is 1.